The minimum Gasteiger partial charge on any atom is -0.387 e. The van der Waals surface area contributed by atoms with Crippen molar-refractivity contribution in [3.8, 4) is 11.3 Å². The SMILES string of the molecule is OC(CNc1cc(-c2ccc(C(F)(F)F)c(Cl)c2)nc(NC2CC2)n1)c1ccccc1. The lowest BCUT2D eigenvalue weighted by atomic mass is 10.1. The maximum Gasteiger partial charge on any atom is 0.417 e. The van der Waals surface area contributed by atoms with Crippen LogP contribution in [-0.4, -0.2) is 27.7 Å². The van der Waals surface area contributed by atoms with E-state index in [1.54, 1.807) is 6.07 Å². The van der Waals surface area contributed by atoms with Crippen molar-refractivity contribution in [3.05, 3.63) is 70.7 Å². The molecule has 0 amide bonds. The van der Waals surface area contributed by atoms with E-state index in [-0.39, 0.29) is 12.6 Å². The number of nitrogens with zero attached hydrogens (tertiary/aromatic N) is 2. The van der Waals surface area contributed by atoms with Crippen molar-refractivity contribution in [2.75, 3.05) is 17.2 Å². The summed E-state index contributed by atoms with van der Waals surface area (Å²) in [5, 5.41) is 16.3. The molecular formula is C22H20ClF3N4O. The number of aliphatic hydroxyl groups excluding tert-OH is 1. The number of halogens is 4. The van der Waals surface area contributed by atoms with Gasteiger partial charge in [-0.1, -0.05) is 48.0 Å². The lowest BCUT2D eigenvalue weighted by Gasteiger charge is -2.15. The van der Waals surface area contributed by atoms with Gasteiger partial charge in [-0.25, -0.2) is 4.98 Å². The van der Waals surface area contributed by atoms with Crippen LogP contribution in [0.1, 0.15) is 30.1 Å². The number of alkyl halides is 3. The summed E-state index contributed by atoms with van der Waals surface area (Å²) in [5.74, 6) is 0.812. The summed E-state index contributed by atoms with van der Waals surface area (Å²) in [6.07, 6.45) is -3.26. The van der Waals surface area contributed by atoms with Crippen molar-refractivity contribution in [2.45, 2.75) is 31.2 Å². The third-order valence-electron chi connectivity index (χ3n) is 4.87. The van der Waals surface area contributed by atoms with Crippen LogP contribution in [0.4, 0.5) is 24.9 Å². The second kappa shape index (κ2) is 8.72. The van der Waals surface area contributed by atoms with Gasteiger partial charge in [0.2, 0.25) is 5.95 Å². The first-order valence-corrected chi connectivity index (χ1v) is 10.2. The largest absolute Gasteiger partial charge is 0.417 e. The van der Waals surface area contributed by atoms with E-state index in [0.717, 1.165) is 24.5 Å². The molecule has 1 aliphatic carbocycles. The Labute approximate surface area is 182 Å². The Bertz CT molecular complexity index is 1060. The Balaban J connectivity index is 1.59. The van der Waals surface area contributed by atoms with Gasteiger partial charge in [-0.05, 0) is 30.5 Å². The molecule has 1 fully saturated rings. The van der Waals surface area contributed by atoms with Gasteiger partial charge in [-0.3, -0.25) is 0 Å². The van der Waals surface area contributed by atoms with E-state index in [0.29, 0.717) is 23.0 Å². The first kappa shape index (κ1) is 21.4. The predicted molar refractivity (Wildman–Crippen MR) is 114 cm³/mol. The first-order valence-electron chi connectivity index (χ1n) is 9.79. The van der Waals surface area contributed by atoms with E-state index < -0.39 is 22.9 Å². The summed E-state index contributed by atoms with van der Waals surface area (Å²) in [5.41, 5.74) is 0.721. The Morgan fingerprint density at radius 3 is 2.45 bits per heavy atom. The fourth-order valence-corrected chi connectivity index (χ4v) is 3.35. The average molecular weight is 449 g/mol. The molecule has 162 valence electrons. The molecule has 3 N–H and O–H groups in total. The van der Waals surface area contributed by atoms with Gasteiger partial charge in [0.05, 0.1) is 22.4 Å². The molecule has 5 nitrogen and oxygen atoms in total. The number of benzene rings is 2. The van der Waals surface area contributed by atoms with E-state index in [9.17, 15) is 18.3 Å². The minimum atomic E-state index is -4.53. The smallest absolute Gasteiger partial charge is 0.387 e. The van der Waals surface area contributed by atoms with Crippen LogP contribution >= 0.6 is 11.6 Å². The fraction of sp³-hybridized carbons (Fsp3) is 0.273. The minimum absolute atomic E-state index is 0.205. The summed E-state index contributed by atoms with van der Waals surface area (Å²) >= 11 is 5.88. The molecule has 1 aliphatic rings. The fourth-order valence-electron chi connectivity index (χ4n) is 3.06. The highest BCUT2D eigenvalue weighted by Crippen LogP contribution is 2.37. The molecule has 2 aromatic carbocycles. The first-order chi connectivity index (χ1) is 14.8. The molecule has 0 saturated heterocycles. The van der Waals surface area contributed by atoms with Crippen molar-refractivity contribution in [2.24, 2.45) is 0 Å². The summed E-state index contributed by atoms with van der Waals surface area (Å²) in [7, 11) is 0. The molecular weight excluding hydrogens is 429 g/mol. The zero-order valence-electron chi connectivity index (χ0n) is 16.3. The third kappa shape index (κ3) is 5.45. The Kier molecular flexibility index (Phi) is 6.02. The van der Waals surface area contributed by atoms with Gasteiger partial charge in [-0.15, -0.1) is 0 Å². The van der Waals surface area contributed by atoms with Crippen LogP contribution < -0.4 is 10.6 Å². The number of hydrogen-bond acceptors (Lipinski definition) is 5. The maximum absolute atomic E-state index is 13.0. The molecule has 0 aliphatic heterocycles. The number of aromatic nitrogens is 2. The van der Waals surface area contributed by atoms with Gasteiger partial charge in [0.25, 0.3) is 0 Å². The number of hydrogen-bond donors (Lipinski definition) is 3. The molecule has 1 unspecified atom stereocenters. The quantitative estimate of drug-likeness (QED) is 0.443. The molecule has 31 heavy (non-hydrogen) atoms. The zero-order valence-corrected chi connectivity index (χ0v) is 17.1. The third-order valence-corrected chi connectivity index (χ3v) is 5.18. The van der Waals surface area contributed by atoms with E-state index in [1.807, 2.05) is 30.3 Å². The van der Waals surface area contributed by atoms with Crippen LogP contribution in [0.3, 0.4) is 0 Å². The Morgan fingerprint density at radius 2 is 1.81 bits per heavy atom. The molecule has 1 heterocycles. The number of rotatable bonds is 7. The highest BCUT2D eigenvalue weighted by atomic mass is 35.5. The molecule has 4 rings (SSSR count). The van der Waals surface area contributed by atoms with Crippen LogP contribution in [0.25, 0.3) is 11.3 Å². The number of aliphatic hydroxyl groups is 1. The van der Waals surface area contributed by atoms with E-state index >= 15 is 0 Å². The number of nitrogens with one attached hydrogen (secondary N) is 2. The number of anilines is 2. The monoisotopic (exact) mass is 448 g/mol. The topological polar surface area (TPSA) is 70.1 Å². The van der Waals surface area contributed by atoms with Gasteiger partial charge in [0.15, 0.2) is 0 Å². The lowest BCUT2D eigenvalue weighted by Crippen LogP contribution is -2.14. The van der Waals surface area contributed by atoms with Crippen molar-refractivity contribution in [3.63, 3.8) is 0 Å². The second-order valence-corrected chi connectivity index (χ2v) is 7.79. The van der Waals surface area contributed by atoms with Crippen molar-refractivity contribution < 1.29 is 18.3 Å². The van der Waals surface area contributed by atoms with Crippen molar-refractivity contribution in [1.29, 1.82) is 0 Å². The van der Waals surface area contributed by atoms with Crippen LogP contribution in [0, 0.1) is 0 Å². The zero-order chi connectivity index (χ0) is 22.0. The lowest BCUT2D eigenvalue weighted by molar-refractivity contribution is -0.137. The van der Waals surface area contributed by atoms with Gasteiger partial charge in [-0.2, -0.15) is 18.2 Å². The summed E-state index contributed by atoms with van der Waals surface area (Å²) in [6.45, 7) is 0.205. The second-order valence-electron chi connectivity index (χ2n) is 7.38. The molecule has 1 aromatic heterocycles. The summed E-state index contributed by atoms with van der Waals surface area (Å²) in [4.78, 5) is 8.86. The van der Waals surface area contributed by atoms with Crippen molar-refractivity contribution >= 4 is 23.4 Å². The maximum atomic E-state index is 13.0. The van der Waals surface area contributed by atoms with Crippen molar-refractivity contribution in [1.82, 2.24) is 9.97 Å². The average Bonchev–Trinajstić information content (AvgIpc) is 3.55. The molecule has 0 spiro atoms. The normalized spacial score (nSPS) is 14.9. The Morgan fingerprint density at radius 1 is 1.06 bits per heavy atom. The summed E-state index contributed by atoms with van der Waals surface area (Å²) in [6, 6.07) is 14.6. The Hall–Kier alpha value is -2.84. The van der Waals surface area contributed by atoms with Crippen LogP contribution in [-0.2, 0) is 6.18 Å². The van der Waals surface area contributed by atoms with Gasteiger partial charge >= 0.3 is 6.18 Å². The van der Waals surface area contributed by atoms with E-state index in [4.69, 9.17) is 11.6 Å². The van der Waals surface area contributed by atoms with Gasteiger partial charge in [0, 0.05) is 24.2 Å². The highest BCUT2D eigenvalue weighted by molar-refractivity contribution is 6.31. The van der Waals surface area contributed by atoms with E-state index in [2.05, 4.69) is 20.6 Å². The van der Waals surface area contributed by atoms with Crippen LogP contribution in [0.2, 0.25) is 5.02 Å². The predicted octanol–water partition coefficient (Wildman–Crippen LogP) is 5.54. The van der Waals surface area contributed by atoms with Gasteiger partial charge in [0.1, 0.15) is 5.82 Å². The highest BCUT2D eigenvalue weighted by Gasteiger charge is 2.33. The molecule has 1 saturated carbocycles. The summed E-state index contributed by atoms with van der Waals surface area (Å²) < 4.78 is 39.1. The molecule has 0 radical (unpaired) electrons. The molecule has 3 aromatic rings. The van der Waals surface area contributed by atoms with Gasteiger partial charge < -0.3 is 15.7 Å². The standard InChI is InChI=1S/C22H20ClF3N4O/c23-17-10-14(6-9-16(17)22(24,25)26)18-11-20(30-21(29-18)28-15-7-8-15)27-12-19(31)13-4-2-1-3-5-13/h1-6,9-11,15,19,31H,7-8,12H2,(H2,27,28,29,30). The molecule has 1 atom stereocenters. The van der Waals surface area contributed by atoms with Crippen LogP contribution in [0.5, 0.6) is 0 Å². The molecule has 0 bridgehead atoms. The molecule has 9 heteroatoms. The van der Waals surface area contributed by atoms with Crippen LogP contribution in [0.15, 0.2) is 54.6 Å². The van der Waals surface area contributed by atoms with E-state index in [1.165, 1.54) is 12.1 Å².